The summed E-state index contributed by atoms with van der Waals surface area (Å²) in [5, 5.41) is 1.16. The van der Waals surface area contributed by atoms with Gasteiger partial charge in [-0.1, -0.05) is 36.4 Å². The zero-order valence-corrected chi connectivity index (χ0v) is 13.8. The van der Waals surface area contributed by atoms with Crippen molar-refractivity contribution >= 4 is 10.9 Å². The van der Waals surface area contributed by atoms with Crippen molar-refractivity contribution in [3.8, 4) is 0 Å². The van der Waals surface area contributed by atoms with E-state index < -0.39 is 0 Å². The highest BCUT2D eigenvalue weighted by molar-refractivity contribution is 5.83. The smallest absolute Gasteiger partial charge is 0.129 e. The minimum atomic E-state index is 0.883. The molecule has 0 radical (unpaired) electrons. The molecular weight excluding hydrogens is 268 g/mol. The molecule has 0 aliphatic carbocycles. The van der Waals surface area contributed by atoms with Crippen LogP contribution in [-0.2, 0) is 12.8 Å². The van der Waals surface area contributed by atoms with Gasteiger partial charge in [0.1, 0.15) is 5.82 Å². The monoisotopic (exact) mass is 290 g/mol. The second-order valence-electron chi connectivity index (χ2n) is 6.11. The summed E-state index contributed by atoms with van der Waals surface area (Å²) in [7, 11) is 0. The van der Waals surface area contributed by atoms with Crippen LogP contribution in [0.1, 0.15) is 33.8 Å². The van der Waals surface area contributed by atoms with Crippen LogP contribution in [0.5, 0.6) is 0 Å². The molecule has 2 aromatic carbocycles. The third-order valence-electron chi connectivity index (χ3n) is 4.37. The van der Waals surface area contributed by atoms with Crippen molar-refractivity contribution < 1.29 is 0 Å². The van der Waals surface area contributed by atoms with Crippen LogP contribution in [0.15, 0.2) is 36.4 Å². The maximum Gasteiger partial charge on any atom is 0.129 e. The normalized spacial score (nSPS) is 11.1. The molecule has 3 rings (SSSR count). The summed E-state index contributed by atoms with van der Waals surface area (Å²) in [6.45, 7) is 8.50. The van der Waals surface area contributed by atoms with Gasteiger partial charge in [0.25, 0.3) is 0 Å². The van der Waals surface area contributed by atoms with Crippen molar-refractivity contribution in [1.82, 2.24) is 9.97 Å². The van der Waals surface area contributed by atoms with Crippen LogP contribution >= 0.6 is 0 Å². The Morgan fingerprint density at radius 2 is 1.59 bits per heavy atom. The Bertz CT molecular complexity index is 834. The van der Waals surface area contributed by atoms with E-state index in [9.17, 15) is 0 Å². The van der Waals surface area contributed by atoms with Gasteiger partial charge in [-0.25, -0.2) is 9.97 Å². The summed E-state index contributed by atoms with van der Waals surface area (Å²) in [5.41, 5.74) is 7.43. The second-order valence-corrected chi connectivity index (χ2v) is 6.11. The Kier molecular flexibility index (Phi) is 3.93. The molecule has 0 N–H and O–H groups in total. The highest BCUT2D eigenvalue weighted by Crippen LogP contribution is 2.19. The molecule has 0 aliphatic heterocycles. The topological polar surface area (TPSA) is 25.8 Å². The van der Waals surface area contributed by atoms with E-state index >= 15 is 0 Å². The van der Waals surface area contributed by atoms with E-state index in [0.29, 0.717) is 0 Å². The molecule has 3 aromatic rings. The van der Waals surface area contributed by atoms with Crippen molar-refractivity contribution in [1.29, 1.82) is 0 Å². The largest absolute Gasteiger partial charge is 0.238 e. The van der Waals surface area contributed by atoms with E-state index in [0.717, 1.165) is 35.3 Å². The Hall–Kier alpha value is -2.22. The zero-order valence-electron chi connectivity index (χ0n) is 13.8. The number of fused-ring (bicyclic) bond motifs is 1. The van der Waals surface area contributed by atoms with Gasteiger partial charge in [-0.3, -0.25) is 0 Å². The van der Waals surface area contributed by atoms with E-state index in [1.807, 2.05) is 0 Å². The quantitative estimate of drug-likeness (QED) is 0.701. The predicted octanol–water partition coefficient (Wildman–Crippen LogP) is 4.65. The molecule has 112 valence electrons. The minimum absolute atomic E-state index is 0.883. The molecule has 2 nitrogen and oxygen atoms in total. The van der Waals surface area contributed by atoms with E-state index in [1.165, 1.54) is 22.3 Å². The summed E-state index contributed by atoms with van der Waals surface area (Å²) in [5.74, 6) is 0.942. The number of hydrogen-bond donors (Lipinski definition) is 0. The highest BCUT2D eigenvalue weighted by atomic mass is 14.9. The maximum absolute atomic E-state index is 4.78. The molecule has 0 spiro atoms. The summed E-state index contributed by atoms with van der Waals surface area (Å²) in [6, 6.07) is 13.0. The number of aryl methyl sites for hydroxylation is 6. The van der Waals surface area contributed by atoms with Crippen molar-refractivity contribution in [3.63, 3.8) is 0 Å². The average Bonchev–Trinajstić information content (AvgIpc) is 2.50. The number of benzene rings is 2. The van der Waals surface area contributed by atoms with Crippen molar-refractivity contribution in [2.24, 2.45) is 0 Å². The number of nitrogens with zero attached hydrogens (tertiary/aromatic N) is 2. The van der Waals surface area contributed by atoms with Crippen molar-refractivity contribution in [2.45, 2.75) is 40.5 Å². The Morgan fingerprint density at radius 1 is 0.773 bits per heavy atom. The minimum Gasteiger partial charge on any atom is -0.238 e. The van der Waals surface area contributed by atoms with Crippen molar-refractivity contribution in [3.05, 3.63) is 70.2 Å². The lowest BCUT2D eigenvalue weighted by Gasteiger charge is -2.08. The Labute approximate surface area is 132 Å². The molecule has 22 heavy (non-hydrogen) atoms. The fourth-order valence-electron chi connectivity index (χ4n) is 2.83. The molecule has 0 bridgehead atoms. The summed E-state index contributed by atoms with van der Waals surface area (Å²) in [4.78, 5) is 9.47. The fourth-order valence-corrected chi connectivity index (χ4v) is 2.83. The van der Waals surface area contributed by atoms with Gasteiger partial charge in [-0.05, 0) is 56.4 Å². The van der Waals surface area contributed by atoms with Gasteiger partial charge in [0.15, 0.2) is 0 Å². The third kappa shape index (κ3) is 2.87. The lowest BCUT2D eigenvalue weighted by Crippen LogP contribution is -2.02. The molecule has 0 unspecified atom stereocenters. The average molecular weight is 290 g/mol. The van der Waals surface area contributed by atoms with Crippen LogP contribution in [0, 0.1) is 27.7 Å². The van der Waals surface area contributed by atoms with E-state index in [4.69, 9.17) is 4.98 Å². The van der Waals surface area contributed by atoms with Gasteiger partial charge < -0.3 is 0 Å². The van der Waals surface area contributed by atoms with E-state index in [2.05, 4.69) is 69.1 Å². The van der Waals surface area contributed by atoms with Crippen LogP contribution in [0.4, 0.5) is 0 Å². The van der Waals surface area contributed by atoms with Gasteiger partial charge in [0.05, 0.1) is 5.52 Å². The second kappa shape index (κ2) is 5.88. The standard InChI is InChI=1S/C20H22N2/c1-13-8-9-17(12-15(13)3)10-11-19-21-16(4)18-7-5-6-14(2)20(18)22-19/h5-9,12H,10-11H2,1-4H3. The number of para-hydroxylation sites is 1. The summed E-state index contributed by atoms with van der Waals surface area (Å²) < 4.78 is 0. The lowest BCUT2D eigenvalue weighted by atomic mass is 10.0. The fraction of sp³-hybridized carbons (Fsp3) is 0.300. The van der Waals surface area contributed by atoms with Crippen LogP contribution in [0.2, 0.25) is 0 Å². The Morgan fingerprint density at radius 3 is 2.36 bits per heavy atom. The molecular formula is C20H22N2. The highest BCUT2D eigenvalue weighted by Gasteiger charge is 2.07. The maximum atomic E-state index is 4.78. The molecule has 2 heteroatoms. The van der Waals surface area contributed by atoms with E-state index in [1.54, 1.807) is 0 Å². The molecule has 0 fully saturated rings. The van der Waals surface area contributed by atoms with Crippen LogP contribution in [0.3, 0.4) is 0 Å². The van der Waals surface area contributed by atoms with E-state index in [-0.39, 0.29) is 0 Å². The summed E-state index contributed by atoms with van der Waals surface area (Å²) in [6.07, 6.45) is 1.87. The number of hydrogen-bond acceptors (Lipinski definition) is 2. The molecule has 1 aromatic heterocycles. The lowest BCUT2D eigenvalue weighted by molar-refractivity contribution is 0.858. The van der Waals surface area contributed by atoms with Crippen molar-refractivity contribution in [2.75, 3.05) is 0 Å². The molecule has 0 amide bonds. The SMILES string of the molecule is Cc1ccc(CCc2nc(C)c3cccc(C)c3n2)cc1C. The predicted molar refractivity (Wildman–Crippen MR) is 92.3 cm³/mol. The zero-order chi connectivity index (χ0) is 15.7. The van der Waals surface area contributed by atoms with Gasteiger partial charge in [-0.15, -0.1) is 0 Å². The van der Waals surface area contributed by atoms with Gasteiger partial charge in [-0.2, -0.15) is 0 Å². The summed E-state index contributed by atoms with van der Waals surface area (Å²) >= 11 is 0. The molecule has 0 saturated carbocycles. The Balaban J connectivity index is 1.87. The van der Waals surface area contributed by atoms with Crippen LogP contribution in [-0.4, -0.2) is 9.97 Å². The molecule has 0 atom stereocenters. The number of aromatic nitrogens is 2. The first-order chi connectivity index (χ1) is 10.5. The first kappa shape index (κ1) is 14.7. The van der Waals surface area contributed by atoms with Gasteiger partial charge in [0.2, 0.25) is 0 Å². The molecule has 0 saturated heterocycles. The molecule has 0 aliphatic rings. The van der Waals surface area contributed by atoms with Crippen LogP contribution < -0.4 is 0 Å². The van der Waals surface area contributed by atoms with Crippen LogP contribution in [0.25, 0.3) is 10.9 Å². The van der Waals surface area contributed by atoms with Gasteiger partial charge >= 0.3 is 0 Å². The molecule has 1 heterocycles. The van der Waals surface area contributed by atoms with Gasteiger partial charge in [0, 0.05) is 17.5 Å². The first-order valence-electron chi connectivity index (χ1n) is 7.83. The third-order valence-corrected chi connectivity index (χ3v) is 4.37. The first-order valence-corrected chi connectivity index (χ1v) is 7.83. The number of rotatable bonds is 3.